The molecule has 2 heterocycles. The van der Waals surface area contributed by atoms with E-state index in [-0.39, 0.29) is 0 Å². The molecule has 0 radical (unpaired) electrons. The summed E-state index contributed by atoms with van der Waals surface area (Å²) in [6.45, 7) is 0. The first-order valence-electron chi connectivity index (χ1n) is 13.0. The summed E-state index contributed by atoms with van der Waals surface area (Å²) in [6.07, 6.45) is 4.45. The molecule has 0 bridgehead atoms. The normalized spacial score (nSPS) is 12.4. The lowest BCUT2D eigenvalue weighted by Gasteiger charge is -2.01. The number of fused-ring (bicyclic) bond motifs is 2. The Hall–Kier alpha value is -4.86. The molecule has 7 aromatic rings. The lowest BCUT2D eigenvalue weighted by atomic mass is 10.0. The quantitative estimate of drug-likeness (QED) is 0.238. The Morgan fingerprint density at radius 2 is 0.744 bits per heavy atom. The molecule has 0 aliphatic rings. The minimum absolute atomic E-state index is 0.913. The summed E-state index contributed by atoms with van der Waals surface area (Å²) >= 11 is 1.74. The van der Waals surface area contributed by atoms with Crippen LogP contribution < -0.4 is 9.06 Å². The van der Waals surface area contributed by atoms with Crippen LogP contribution in [0.25, 0.3) is 56.5 Å². The van der Waals surface area contributed by atoms with Crippen molar-refractivity contribution < 1.29 is 0 Å². The van der Waals surface area contributed by atoms with Crippen LogP contribution in [-0.2, 0) is 0 Å². The summed E-state index contributed by atoms with van der Waals surface area (Å²) in [5.74, 6) is 0. The van der Waals surface area contributed by atoms with Crippen LogP contribution in [0.5, 0.6) is 0 Å². The monoisotopic (exact) mass is 516 g/mol. The number of para-hydroxylation sites is 2. The number of hydrogen-bond acceptors (Lipinski definition) is 3. The highest BCUT2D eigenvalue weighted by Crippen LogP contribution is 2.21. The molecule has 0 aliphatic heterocycles. The lowest BCUT2D eigenvalue weighted by Crippen LogP contribution is -1.98. The van der Waals surface area contributed by atoms with Crippen LogP contribution in [0.15, 0.2) is 133 Å². The maximum Gasteiger partial charge on any atom is 0.108 e. The molecule has 3 heteroatoms. The second kappa shape index (κ2) is 10.1. The van der Waals surface area contributed by atoms with Crippen LogP contribution in [-0.4, -0.2) is 9.97 Å². The Morgan fingerprint density at radius 1 is 0.385 bits per heavy atom. The third-order valence-corrected chi connectivity index (χ3v) is 7.95. The summed E-state index contributed by atoms with van der Waals surface area (Å²) in [5.41, 5.74) is 10.9. The molecule has 0 amide bonds. The fourth-order valence-electron chi connectivity index (χ4n) is 4.86. The Kier molecular flexibility index (Phi) is 6.04. The summed E-state index contributed by atoms with van der Waals surface area (Å²) in [6, 6.07) is 46.5. The molecule has 0 spiro atoms. The minimum Gasteiger partial charge on any atom is -0.243 e. The van der Waals surface area contributed by atoms with Gasteiger partial charge in [-0.1, -0.05) is 121 Å². The van der Waals surface area contributed by atoms with Crippen molar-refractivity contribution in [2.75, 3.05) is 0 Å². The molecule has 0 N–H and O–H groups in total. The van der Waals surface area contributed by atoms with Gasteiger partial charge in [0, 0.05) is 0 Å². The van der Waals surface area contributed by atoms with E-state index < -0.39 is 0 Å². The molecule has 39 heavy (non-hydrogen) atoms. The number of benzene rings is 5. The van der Waals surface area contributed by atoms with E-state index >= 15 is 0 Å². The second-order valence-electron chi connectivity index (χ2n) is 9.50. The van der Waals surface area contributed by atoms with Crippen LogP contribution >= 0.6 is 11.3 Å². The van der Waals surface area contributed by atoms with Crippen LogP contribution in [0.3, 0.4) is 0 Å². The van der Waals surface area contributed by atoms with Gasteiger partial charge in [-0.05, 0) is 57.7 Å². The molecular weight excluding hydrogens is 492 g/mol. The van der Waals surface area contributed by atoms with E-state index in [2.05, 4.69) is 109 Å². The van der Waals surface area contributed by atoms with Gasteiger partial charge in [0.15, 0.2) is 0 Å². The van der Waals surface area contributed by atoms with E-state index in [9.17, 15) is 0 Å². The van der Waals surface area contributed by atoms with Gasteiger partial charge in [0.1, 0.15) is 11.0 Å². The molecule has 7 rings (SSSR count). The third kappa shape index (κ3) is 4.76. The highest BCUT2D eigenvalue weighted by Gasteiger charge is 2.08. The molecular formula is C36H24N2S. The molecule has 0 saturated carbocycles. The zero-order valence-corrected chi connectivity index (χ0v) is 22.0. The molecule has 184 valence electrons. The second-order valence-corrected chi connectivity index (χ2v) is 10.6. The van der Waals surface area contributed by atoms with Crippen molar-refractivity contribution >= 4 is 45.6 Å². The smallest absolute Gasteiger partial charge is 0.108 e. The third-order valence-electron chi connectivity index (χ3n) is 6.89. The van der Waals surface area contributed by atoms with Crippen molar-refractivity contribution in [3.63, 3.8) is 0 Å². The summed E-state index contributed by atoms with van der Waals surface area (Å²) in [7, 11) is 0. The van der Waals surface area contributed by atoms with Gasteiger partial charge in [0.25, 0.3) is 0 Å². The van der Waals surface area contributed by atoms with E-state index in [4.69, 9.17) is 9.97 Å². The van der Waals surface area contributed by atoms with Crippen LogP contribution in [0, 0.1) is 0 Å². The molecule has 2 aromatic heterocycles. The van der Waals surface area contributed by atoms with Crippen molar-refractivity contribution in [2.45, 2.75) is 0 Å². The molecule has 0 fully saturated rings. The number of thiophene rings is 1. The first-order chi connectivity index (χ1) is 19.3. The predicted octanol–water partition coefficient (Wildman–Crippen LogP) is 7.84. The number of rotatable bonds is 4. The molecule has 0 atom stereocenters. The molecule has 0 saturated heterocycles. The zero-order chi connectivity index (χ0) is 26.0. The van der Waals surface area contributed by atoms with E-state index in [1.807, 2.05) is 36.4 Å². The summed E-state index contributed by atoms with van der Waals surface area (Å²) in [4.78, 5) is 10.1. The summed E-state index contributed by atoms with van der Waals surface area (Å²) in [5, 5.41) is 0. The standard InChI is InChI=1S/C36H24N2S/c1-3-9-27(10-4-1)29-19-15-25(16-20-29)23-33-35-36(38-32-14-8-7-13-31(32)37-35)34(39-33)24-26-17-21-30(22-18-26)28-11-5-2-6-12-28/h1-24H/b33-23-,34-24-. The largest absolute Gasteiger partial charge is 0.243 e. The number of hydrogen-bond donors (Lipinski definition) is 0. The maximum absolute atomic E-state index is 5.05. The Labute approximate surface area is 230 Å². The van der Waals surface area contributed by atoms with Gasteiger partial charge in [-0.15, -0.1) is 11.3 Å². The fourth-order valence-corrected chi connectivity index (χ4v) is 5.97. The average molecular weight is 517 g/mol. The fraction of sp³-hybridized carbons (Fsp3) is 0. The lowest BCUT2D eigenvalue weighted by molar-refractivity contribution is 1.40. The van der Waals surface area contributed by atoms with Gasteiger partial charge in [-0.25, -0.2) is 9.97 Å². The molecule has 2 nitrogen and oxygen atoms in total. The van der Waals surface area contributed by atoms with Gasteiger partial charge in [-0.3, -0.25) is 0 Å². The Bertz CT molecular complexity index is 1880. The maximum atomic E-state index is 5.05. The number of nitrogens with zero attached hydrogens (tertiary/aromatic N) is 2. The first kappa shape index (κ1) is 23.3. The van der Waals surface area contributed by atoms with Crippen molar-refractivity contribution in [3.8, 4) is 22.3 Å². The van der Waals surface area contributed by atoms with Gasteiger partial charge >= 0.3 is 0 Å². The topological polar surface area (TPSA) is 25.8 Å². The minimum atomic E-state index is 0.913. The van der Waals surface area contributed by atoms with Gasteiger partial charge in [0.2, 0.25) is 0 Å². The van der Waals surface area contributed by atoms with Crippen molar-refractivity contribution in [1.82, 2.24) is 9.97 Å². The van der Waals surface area contributed by atoms with E-state index in [1.54, 1.807) is 11.3 Å². The van der Waals surface area contributed by atoms with Crippen LogP contribution in [0.1, 0.15) is 11.1 Å². The Balaban J connectivity index is 1.35. The van der Waals surface area contributed by atoms with Gasteiger partial charge < -0.3 is 0 Å². The van der Waals surface area contributed by atoms with Crippen molar-refractivity contribution in [3.05, 3.63) is 154 Å². The summed E-state index contributed by atoms with van der Waals surface area (Å²) < 4.78 is 2.23. The SMILES string of the molecule is C(/c1ccc(-c2ccccc2)cc1)=c1/s/c(=C\c2ccc(-c3ccccc3)cc2)c2nc3ccccc3nc12. The molecule has 5 aromatic carbocycles. The van der Waals surface area contributed by atoms with Crippen molar-refractivity contribution in [2.24, 2.45) is 0 Å². The average Bonchev–Trinajstić information content (AvgIpc) is 3.33. The van der Waals surface area contributed by atoms with Crippen molar-refractivity contribution in [1.29, 1.82) is 0 Å². The van der Waals surface area contributed by atoms with E-state index in [0.717, 1.165) is 42.3 Å². The Morgan fingerprint density at radius 3 is 1.15 bits per heavy atom. The van der Waals surface area contributed by atoms with E-state index in [0.29, 0.717) is 0 Å². The highest BCUT2D eigenvalue weighted by atomic mass is 32.1. The highest BCUT2D eigenvalue weighted by molar-refractivity contribution is 7.09. The zero-order valence-electron chi connectivity index (χ0n) is 21.2. The predicted molar refractivity (Wildman–Crippen MR) is 165 cm³/mol. The molecule has 0 unspecified atom stereocenters. The van der Waals surface area contributed by atoms with Gasteiger partial charge in [0.05, 0.1) is 20.1 Å². The van der Waals surface area contributed by atoms with Crippen LogP contribution in [0.4, 0.5) is 0 Å². The number of aromatic nitrogens is 2. The van der Waals surface area contributed by atoms with Crippen LogP contribution in [0.2, 0.25) is 0 Å². The molecule has 0 aliphatic carbocycles. The van der Waals surface area contributed by atoms with E-state index in [1.165, 1.54) is 22.3 Å². The first-order valence-corrected chi connectivity index (χ1v) is 13.8. The van der Waals surface area contributed by atoms with Gasteiger partial charge in [-0.2, -0.15) is 0 Å².